The lowest BCUT2D eigenvalue weighted by Crippen LogP contribution is -2.57. The summed E-state index contributed by atoms with van der Waals surface area (Å²) in [5.74, 6) is 2.61. The quantitative estimate of drug-likeness (QED) is 0.735. The second-order valence-corrected chi connectivity index (χ2v) is 10.3. The second-order valence-electron chi connectivity index (χ2n) is 10.3. The lowest BCUT2D eigenvalue weighted by Gasteiger charge is -2.59. The van der Waals surface area contributed by atoms with Gasteiger partial charge in [0.15, 0.2) is 0 Å². The molecule has 7 atom stereocenters. The number of aliphatic hydroxyl groups is 1. The molecule has 2 N–H and O–H groups in total. The molecule has 134 valence electrons. The minimum Gasteiger partial charge on any atom is -0.393 e. The zero-order chi connectivity index (χ0) is 16.5. The Balaban J connectivity index is 1.55. The summed E-state index contributed by atoms with van der Waals surface area (Å²) in [5.41, 5.74) is 2.58. The molecule has 0 amide bonds. The maximum atomic E-state index is 10.3. The number of fused-ring (bicyclic) bond motifs is 5. The van der Waals surface area contributed by atoms with Gasteiger partial charge >= 0.3 is 0 Å². The molecule has 0 aromatic carbocycles. The van der Waals surface area contributed by atoms with Crippen LogP contribution in [0.1, 0.15) is 78.1 Å². The van der Waals surface area contributed by atoms with E-state index in [9.17, 15) is 5.11 Å². The highest BCUT2D eigenvalue weighted by atomic mass is 16.3. The van der Waals surface area contributed by atoms with Gasteiger partial charge in [0, 0.05) is 12.1 Å². The maximum absolute atomic E-state index is 10.3. The van der Waals surface area contributed by atoms with Gasteiger partial charge in [-0.3, -0.25) is 0 Å². The van der Waals surface area contributed by atoms with Gasteiger partial charge in [-0.1, -0.05) is 31.9 Å². The average Bonchev–Trinajstić information content (AvgIpc) is 3.27. The van der Waals surface area contributed by atoms with Crippen LogP contribution in [0.25, 0.3) is 0 Å². The molecule has 4 saturated carbocycles. The molecule has 0 radical (unpaired) electrons. The average molecular weight is 330 g/mol. The number of aliphatic hydroxyl groups excluding tert-OH is 1. The number of hydrogen-bond donors (Lipinski definition) is 2. The van der Waals surface area contributed by atoms with Crippen molar-refractivity contribution in [1.29, 1.82) is 0 Å². The lowest BCUT2D eigenvalue weighted by atomic mass is 9.47. The summed E-state index contributed by atoms with van der Waals surface area (Å²) in [6, 6.07) is 1.36. The van der Waals surface area contributed by atoms with Crippen molar-refractivity contribution in [2.24, 2.45) is 28.6 Å². The molecule has 0 unspecified atom stereocenters. The molecule has 0 heterocycles. The Labute approximate surface area is 147 Å². The van der Waals surface area contributed by atoms with E-state index >= 15 is 0 Å². The van der Waals surface area contributed by atoms with Crippen LogP contribution in [0.4, 0.5) is 0 Å². The van der Waals surface area contributed by atoms with Crippen LogP contribution in [0, 0.1) is 28.6 Å². The molecule has 4 fully saturated rings. The van der Waals surface area contributed by atoms with E-state index in [4.69, 9.17) is 0 Å². The summed E-state index contributed by atoms with van der Waals surface area (Å²) in [4.78, 5) is 0. The second kappa shape index (κ2) is 5.33. The van der Waals surface area contributed by atoms with E-state index in [0.29, 0.717) is 16.9 Å². The Bertz CT molecular complexity index is 552. The van der Waals surface area contributed by atoms with E-state index in [1.165, 1.54) is 51.4 Å². The van der Waals surface area contributed by atoms with Crippen LogP contribution in [0.15, 0.2) is 11.6 Å². The summed E-state index contributed by atoms with van der Waals surface area (Å²) in [6.07, 6.45) is 15.7. The van der Waals surface area contributed by atoms with Crippen LogP contribution in [0.3, 0.4) is 0 Å². The fourth-order valence-corrected chi connectivity index (χ4v) is 7.34. The summed E-state index contributed by atoms with van der Waals surface area (Å²) >= 11 is 0. The molecule has 5 rings (SSSR count). The van der Waals surface area contributed by atoms with Gasteiger partial charge in [0.05, 0.1) is 6.10 Å². The molecular weight excluding hydrogens is 294 g/mol. The molecule has 0 aliphatic heterocycles. The van der Waals surface area contributed by atoms with Crippen molar-refractivity contribution >= 4 is 0 Å². The first-order valence-corrected chi connectivity index (χ1v) is 10.6. The Hall–Kier alpha value is -0.340. The van der Waals surface area contributed by atoms with E-state index in [2.05, 4.69) is 25.2 Å². The first-order valence-electron chi connectivity index (χ1n) is 10.6. The normalized spacial score (nSPS) is 53.8. The highest BCUT2D eigenvalue weighted by Gasteiger charge is 2.58. The first-order chi connectivity index (χ1) is 11.5. The van der Waals surface area contributed by atoms with Crippen molar-refractivity contribution in [1.82, 2.24) is 5.32 Å². The molecule has 0 bridgehead atoms. The minimum absolute atomic E-state index is 0.0946. The van der Waals surface area contributed by atoms with Crippen molar-refractivity contribution in [2.45, 2.75) is 96.2 Å². The Kier molecular flexibility index (Phi) is 3.53. The summed E-state index contributed by atoms with van der Waals surface area (Å²) < 4.78 is 0. The van der Waals surface area contributed by atoms with Gasteiger partial charge in [0.2, 0.25) is 0 Å². The molecule has 0 saturated heterocycles. The van der Waals surface area contributed by atoms with Crippen LogP contribution in [0.2, 0.25) is 0 Å². The van der Waals surface area contributed by atoms with Gasteiger partial charge in [0.25, 0.3) is 0 Å². The van der Waals surface area contributed by atoms with Gasteiger partial charge in [-0.2, -0.15) is 0 Å². The van der Waals surface area contributed by atoms with E-state index in [-0.39, 0.29) is 6.10 Å². The molecule has 5 aliphatic rings. The molecule has 0 spiro atoms. The molecule has 0 aromatic heterocycles. The van der Waals surface area contributed by atoms with E-state index < -0.39 is 0 Å². The fraction of sp³-hybridized carbons (Fsp3) is 0.909. The van der Waals surface area contributed by atoms with Crippen molar-refractivity contribution in [2.75, 3.05) is 0 Å². The topological polar surface area (TPSA) is 32.3 Å². The third-order valence-electron chi connectivity index (χ3n) is 8.92. The summed E-state index contributed by atoms with van der Waals surface area (Å²) in [7, 11) is 0. The molecule has 0 aromatic rings. The standard InChI is InChI=1S/C22H35NO/c1-21-9-3-4-17(21)20-18(8-10-21)22(2)11-7-16(24)12-14(22)13-19(20)23-15-5-6-15/h13,15-20,23-24H,3-12H2,1-2H3/t16-,17-,18-,19-,20-,21-,22-/m0/s1. The van der Waals surface area contributed by atoms with E-state index in [0.717, 1.165) is 36.6 Å². The summed E-state index contributed by atoms with van der Waals surface area (Å²) in [5, 5.41) is 14.3. The lowest BCUT2D eigenvalue weighted by molar-refractivity contribution is -0.0482. The van der Waals surface area contributed by atoms with Crippen molar-refractivity contribution in [3.63, 3.8) is 0 Å². The van der Waals surface area contributed by atoms with Crippen LogP contribution in [-0.4, -0.2) is 23.3 Å². The molecule has 5 aliphatic carbocycles. The Morgan fingerprint density at radius 2 is 1.83 bits per heavy atom. The molecule has 2 nitrogen and oxygen atoms in total. The molecule has 2 heteroatoms. The number of rotatable bonds is 2. The maximum Gasteiger partial charge on any atom is 0.0577 e. The Morgan fingerprint density at radius 3 is 2.62 bits per heavy atom. The monoisotopic (exact) mass is 329 g/mol. The van der Waals surface area contributed by atoms with Gasteiger partial charge < -0.3 is 10.4 Å². The third kappa shape index (κ3) is 2.28. The molecule has 24 heavy (non-hydrogen) atoms. The van der Waals surface area contributed by atoms with Crippen LogP contribution < -0.4 is 5.32 Å². The predicted octanol–water partition coefficient (Wildman–Crippen LogP) is 4.43. The van der Waals surface area contributed by atoms with Crippen molar-refractivity contribution < 1.29 is 5.11 Å². The Morgan fingerprint density at radius 1 is 1.00 bits per heavy atom. The molecular formula is C22H35NO. The minimum atomic E-state index is -0.0946. The third-order valence-corrected chi connectivity index (χ3v) is 8.92. The SMILES string of the molecule is C[C@@]12CCC[C@H]1[C@@H]1[C@@H](NC3CC3)C=C3C[C@@H](O)CC[C@]3(C)[C@H]1CC2. The number of hydrogen-bond acceptors (Lipinski definition) is 2. The van der Waals surface area contributed by atoms with Gasteiger partial charge in [-0.25, -0.2) is 0 Å². The zero-order valence-electron chi connectivity index (χ0n) is 15.6. The van der Waals surface area contributed by atoms with Crippen LogP contribution in [0.5, 0.6) is 0 Å². The van der Waals surface area contributed by atoms with Crippen LogP contribution in [-0.2, 0) is 0 Å². The largest absolute Gasteiger partial charge is 0.393 e. The zero-order valence-corrected chi connectivity index (χ0v) is 15.6. The van der Waals surface area contributed by atoms with Crippen LogP contribution >= 0.6 is 0 Å². The van der Waals surface area contributed by atoms with Gasteiger partial charge in [-0.05, 0) is 86.4 Å². The first kappa shape index (κ1) is 15.9. The van der Waals surface area contributed by atoms with Gasteiger partial charge in [0.1, 0.15) is 0 Å². The summed E-state index contributed by atoms with van der Waals surface area (Å²) in [6.45, 7) is 5.15. The highest BCUT2D eigenvalue weighted by Crippen LogP contribution is 2.64. The number of nitrogens with one attached hydrogen (secondary N) is 1. The van der Waals surface area contributed by atoms with Crippen molar-refractivity contribution in [3.05, 3.63) is 11.6 Å². The van der Waals surface area contributed by atoms with E-state index in [1.807, 2.05) is 0 Å². The fourth-order valence-electron chi connectivity index (χ4n) is 7.34. The highest BCUT2D eigenvalue weighted by molar-refractivity contribution is 5.29. The predicted molar refractivity (Wildman–Crippen MR) is 97.7 cm³/mol. The van der Waals surface area contributed by atoms with Crippen molar-refractivity contribution in [3.8, 4) is 0 Å². The van der Waals surface area contributed by atoms with E-state index in [1.54, 1.807) is 5.57 Å². The smallest absolute Gasteiger partial charge is 0.0577 e. The van der Waals surface area contributed by atoms with Gasteiger partial charge in [-0.15, -0.1) is 0 Å².